The Hall–Kier alpha value is -2.33. The first kappa shape index (κ1) is 20.0. The molecule has 1 amide bonds. The highest BCUT2D eigenvalue weighted by molar-refractivity contribution is 5.97. The molecule has 0 aliphatic heterocycles. The summed E-state index contributed by atoms with van der Waals surface area (Å²) in [5.41, 5.74) is 1.02. The third kappa shape index (κ3) is 5.88. The molecule has 26 heavy (non-hydrogen) atoms. The zero-order chi connectivity index (χ0) is 19.0. The van der Waals surface area contributed by atoms with Gasteiger partial charge in [-0.3, -0.25) is 4.79 Å². The van der Waals surface area contributed by atoms with Crippen LogP contribution in [0.5, 0.6) is 5.75 Å². The van der Waals surface area contributed by atoms with E-state index in [0.29, 0.717) is 25.6 Å². The van der Waals surface area contributed by atoms with Gasteiger partial charge >= 0.3 is 0 Å². The summed E-state index contributed by atoms with van der Waals surface area (Å²) in [6, 6.07) is 17.4. The maximum absolute atomic E-state index is 12.7. The second-order valence-corrected chi connectivity index (χ2v) is 7.01. The summed E-state index contributed by atoms with van der Waals surface area (Å²) in [5, 5.41) is 2.95. The Labute approximate surface area is 156 Å². The molecular weight excluding hydrogens is 326 g/mol. The quantitative estimate of drug-likeness (QED) is 0.685. The lowest BCUT2D eigenvalue weighted by atomic mass is 9.93. The van der Waals surface area contributed by atoms with Gasteiger partial charge in [-0.15, -0.1) is 0 Å². The van der Waals surface area contributed by atoms with Gasteiger partial charge in [-0.1, -0.05) is 44.2 Å². The SMILES string of the molecule is CCO[C@@](C)(CC(C)C)C(=O)Nc1ccc(OCc2ccccc2)cc1. The molecule has 0 heterocycles. The van der Waals surface area contributed by atoms with Crippen LogP contribution in [0.25, 0.3) is 0 Å². The summed E-state index contributed by atoms with van der Waals surface area (Å²) in [6.07, 6.45) is 0.672. The number of hydrogen-bond acceptors (Lipinski definition) is 3. The molecular formula is C22H29NO3. The number of benzene rings is 2. The molecule has 0 aliphatic rings. The molecule has 0 unspecified atom stereocenters. The van der Waals surface area contributed by atoms with Crippen LogP contribution in [0, 0.1) is 5.92 Å². The minimum absolute atomic E-state index is 0.119. The lowest BCUT2D eigenvalue weighted by molar-refractivity contribution is -0.140. The molecule has 1 atom stereocenters. The molecule has 1 N–H and O–H groups in total. The molecule has 2 aromatic carbocycles. The van der Waals surface area contributed by atoms with Gasteiger partial charge in [-0.05, 0) is 56.0 Å². The predicted octanol–water partition coefficient (Wildman–Crippen LogP) is 5.05. The molecule has 4 heteroatoms. The van der Waals surface area contributed by atoms with Crippen LogP contribution in [-0.2, 0) is 16.1 Å². The van der Waals surface area contributed by atoms with E-state index in [1.54, 1.807) is 0 Å². The number of ether oxygens (including phenoxy) is 2. The first-order valence-electron chi connectivity index (χ1n) is 9.15. The number of carbonyl (C=O) groups is 1. The smallest absolute Gasteiger partial charge is 0.256 e. The van der Waals surface area contributed by atoms with Crippen LogP contribution in [0.3, 0.4) is 0 Å². The fourth-order valence-corrected chi connectivity index (χ4v) is 2.95. The molecule has 0 aromatic heterocycles. The van der Waals surface area contributed by atoms with E-state index >= 15 is 0 Å². The third-order valence-electron chi connectivity index (χ3n) is 4.10. The summed E-state index contributed by atoms with van der Waals surface area (Å²) in [5.74, 6) is 1.01. The monoisotopic (exact) mass is 355 g/mol. The van der Waals surface area contributed by atoms with Gasteiger partial charge in [-0.2, -0.15) is 0 Å². The van der Waals surface area contributed by atoms with Crippen molar-refractivity contribution in [2.24, 2.45) is 5.92 Å². The minimum atomic E-state index is -0.828. The second kappa shape index (κ2) is 9.39. The topological polar surface area (TPSA) is 47.6 Å². The maximum atomic E-state index is 12.7. The molecule has 0 radical (unpaired) electrons. The Kier molecular flexibility index (Phi) is 7.22. The lowest BCUT2D eigenvalue weighted by Crippen LogP contribution is -2.43. The van der Waals surface area contributed by atoms with Crippen molar-refractivity contribution in [1.82, 2.24) is 0 Å². The van der Waals surface area contributed by atoms with Gasteiger partial charge in [0, 0.05) is 12.3 Å². The van der Waals surface area contributed by atoms with Crippen LogP contribution >= 0.6 is 0 Å². The van der Waals surface area contributed by atoms with Gasteiger partial charge in [0.2, 0.25) is 0 Å². The predicted molar refractivity (Wildman–Crippen MR) is 105 cm³/mol. The maximum Gasteiger partial charge on any atom is 0.256 e. The van der Waals surface area contributed by atoms with E-state index in [2.05, 4.69) is 19.2 Å². The summed E-state index contributed by atoms with van der Waals surface area (Å²) in [7, 11) is 0. The first-order chi connectivity index (χ1) is 12.4. The average molecular weight is 355 g/mol. The van der Waals surface area contributed by atoms with Gasteiger partial charge < -0.3 is 14.8 Å². The normalized spacial score (nSPS) is 13.3. The standard InChI is InChI=1S/C22H29NO3/c1-5-26-22(4,15-17(2)3)21(24)23-19-11-13-20(14-12-19)25-16-18-9-7-6-8-10-18/h6-14,17H,5,15-16H2,1-4H3,(H,23,24)/t22-/m0/s1. The van der Waals surface area contributed by atoms with Crippen molar-refractivity contribution in [2.45, 2.75) is 46.3 Å². The summed E-state index contributed by atoms with van der Waals surface area (Å²) in [4.78, 5) is 12.7. The fourth-order valence-electron chi connectivity index (χ4n) is 2.95. The molecule has 2 rings (SSSR count). The largest absolute Gasteiger partial charge is 0.489 e. The van der Waals surface area contributed by atoms with E-state index in [1.165, 1.54) is 0 Å². The number of nitrogens with one attached hydrogen (secondary N) is 1. The molecule has 0 saturated heterocycles. The highest BCUT2D eigenvalue weighted by Crippen LogP contribution is 2.24. The van der Waals surface area contributed by atoms with Crippen molar-refractivity contribution in [3.8, 4) is 5.75 Å². The zero-order valence-electron chi connectivity index (χ0n) is 16.1. The fraction of sp³-hybridized carbons (Fsp3) is 0.409. The van der Waals surface area contributed by atoms with E-state index in [9.17, 15) is 4.79 Å². The van der Waals surface area contributed by atoms with Crippen LogP contribution in [0.4, 0.5) is 5.69 Å². The Morgan fingerprint density at radius 3 is 2.31 bits per heavy atom. The number of amides is 1. The third-order valence-corrected chi connectivity index (χ3v) is 4.10. The number of rotatable bonds is 9. The number of carbonyl (C=O) groups excluding carboxylic acids is 1. The van der Waals surface area contributed by atoms with Crippen LogP contribution in [0.15, 0.2) is 54.6 Å². The van der Waals surface area contributed by atoms with Crippen molar-refractivity contribution in [2.75, 3.05) is 11.9 Å². The van der Waals surface area contributed by atoms with Gasteiger partial charge in [-0.25, -0.2) is 0 Å². The van der Waals surface area contributed by atoms with E-state index < -0.39 is 5.60 Å². The Balaban J connectivity index is 1.95. The van der Waals surface area contributed by atoms with Crippen molar-refractivity contribution >= 4 is 11.6 Å². The van der Waals surface area contributed by atoms with Crippen LogP contribution in [0.2, 0.25) is 0 Å². The second-order valence-electron chi connectivity index (χ2n) is 7.01. The van der Waals surface area contributed by atoms with Crippen LogP contribution in [0.1, 0.15) is 39.7 Å². The van der Waals surface area contributed by atoms with Gasteiger partial charge in [0.25, 0.3) is 5.91 Å². The number of hydrogen-bond donors (Lipinski definition) is 1. The van der Waals surface area contributed by atoms with Crippen molar-refractivity contribution in [3.05, 3.63) is 60.2 Å². The zero-order valence-corrected chi connectivity index (χ0v) is 16.1. The molecule has 0 fully saturated rings. The molecule has 2 aromatic rings. The van der Waals surface area contributed by atoms with Crippen molar-refractivity contribution in [3.63, 3.8) is 0 Å². The van der Waals surface area contributed by atoms with E-state index in [-0.39, 0.29) is 5.91 Å². The van der Waals surface area contributed by atoms with Crippen molar-refractivity contribution in [1.29, 1.82) is 0 Å². The Morgan fingerprint density at radius 2 is 1.73 bits per heavy atom. The molecule has 0 bridgehead atoms. The lowest BCUT2D eigenvalue weighted by Gasteiger charge is -2.29. The van der Waals surface area contributed by atoms with E-state index in [0.717, 1.165) is 17.0 Å². The van der Waals surface area contributed by atoms with Gasteiger partial charge in [0.1, 0.15) is 18.0 Å². The average Bonchev–Trinajstić information content (AvgIpc) is 2.61. The van der Waals surface area contributed by atoms with Crippen molar-refractivity contribution < 1.29 is 14.3 Å². The Bertz CT molecular complexity index is 682. The Morgan fingerprint density at radius 1 is 1.08 bits per heavy atom. The summed E-state index contributed by atoms with van der Waals surface area (Å²) < 4.78 is 11.5. The number of anilines is 1. The van der Waals surface area contributed by atoms with E-state index in [1.807, 2.05) is 68.4 Å². The van der Waals surface area contributed by atoms with Crippen LogP contribution in [-0.4, -0.2) is 18.1 Å². The summed E-state index contributed by atoms with van der Waals surface area (Å²) >= 11 is 0. The van der Waals surface area contributed by atoms with Gasteiger partial charge in [0.15, 0.2) is 0 Å². The highest BCUT2D eigenvalue weighted by Gasteiger charge is 2.34. The minimum Gasteiger partial charge on any atom is -0.489 e. The molecule has 4 nitrogen and oxygen atoms in total. The molecule has 0 spiro atoms. The summed E-state index contributed by atoms with van der Waals surface area (Å²) in [6.45, 7) is 8.95. The van der Waals surface area contributed by atoms with Crippen LogP contribution < -0.4 is 10.1 Å². The highest BCUT2D eigenvalue weighted by atomic mass is 16.5. The molecule has 0 saturated carbocycles. The molecule has 140 valence electrons. The van der Waals surface area contributed by atoms with Gasteiger partial charge in [0.05, 0.1) is 0 Å². The first-order valence-corrected chi connectivity index (χ1v) is 9.15. The van der Waals surface area contributed by atoms with E-state index in [4.69, 9.17) is 9.47 Å². The molecule has 0 aliphatic carbocycles.